The fraction of sp³-hybridized carbons (Fsp3) is 0.0588. The maximum absolute atomic E-state index is 9.77. The zero-order valence-corrected chi connectivity index (χ0v) is 11.6. The highest BCUT2D eigenvalue weighted by Gasteiger charge is 2.00. The van der Waals surface area contributed by atoms with Crippen LogP contribution in [0.2, 0.25) is 0 Å². The molecule has 0 unspecified atom stereocenters. The molecule has 0 saturated heterocycles. The number of rotatable bonds is 3. The molecule has 0 bridgehead atoms. The number of nitrogens with zero attached hydrogens (tertiary/aromatic N) is 2. The van der Waals surface area contributed by atoms with Crippen molar-refractivity contribution >= 4 is 22.8 Å². The third-order valence-electron chi connectivity index (χ3n) is 3.20. The number of anilines is 1. The fourth-order valence-corrected chi connectivity index (χ4v) is 2.14. The standard InChI is InChI=1S/C17H15N3O/c1-12-7-8-16(21)14(10-12)11-19-20-15-6-2-4-13-5-3-9-18-17(13)15/h2-11,20-21H,1H3. The summed E-state index contributed by atoms with van der Waals surface area (Å²) in [6.07, 6.45) is 3.35. The molecule has 0 aliphatic carbocycles. The van der Waals surface area contributed by atoms with E-state index in [1.165, 1.54) is 0 Å². The number of aryl methyl sites for hydroxylation is 1. The molecule has 0 aliphatic rings. The number of aromatic nitrogens is 1. The van der Waals surface area contributed by atoms with Crippen LogP contribution in [0.3, 0.4) is 0 Å². The zero-order chi connectivity index (χ0) is 14.7. The van der Waals surface area contributed by atoms with Gasteiger partial charge in [-0.2, -0.15) is 5.10 Å². The van der Waals surface area contributed by atoms with Crippen molar-refractivity contribution in [2.75, 3.05) is 5.43 Å². The van der Waals surface area contributed by atoms with E-state index in [1.54, 1.807) is 18.5 Å². The lowest BCUT2D eigenvalue weighted by Gasteiger charge is -2.04. The lowest BCUT2D eigenvalue weighted by atomic mass is 10.1. The van der Waals surface area contributed by atoms with Gasteiger partial charge in [-0.1, -0.05) is 29.8 Å². The molecule has 4 nitrogen and oxygen atoms in total. The largest absolute Gasteiger partial charge is 0.507 e. The van der Waals surface area contributed by atoms with Gasteiger partial charge in [-0.3, -0.25) is 10.4 Å². The van der Waals surface area contributed by atoms with Crippen molar-refractivity contribution in [1.82, 2.24) is 4.98 Å². The van der Waals surface area contributed by atoms with E-state index in [9.17, 15) is 5.11 Å². The number of para-hydroxylation sites is 1. The van der Waals surface area contributed by atoms with Crippen LogP contribution in [0.1, 0.15) is 11.1 Å². The van der Waals surface area contributed by atoms with E-state index in [-0.39, 0.29) is 5.75 Å². The van der Waals surface area contributed by atoms with E-state index >= 15 is 0 Å². The SMILES string of the molecule is Cc1ccc(O)c(C=NNc2cccc3cccnc23)c1. The quantitative estimate of drug-likeness (QED) is 0.567. The Hall–Kier alpha value is -2.88. The zero-order valence-electron chi connectivity index (χ0n) is 11.6. The molecule has 0 radical (unpaired) electrons. The lowest BCUT2D eigenvalue weighted by Crippen LogP contribution is -1.93. The molecule has 0 fully saturated rings. The molecule has 0 amide bonds. The second-order valence-electron chi connectivity index (χ2n) is 4.81. The lowest BCUT2D eigenvalue weighted by molar-refractivity contribution is 0.474. The van der Waals surface area contributed by atoms with Gasteiger partial charge in [-0.25, -0.2) is 0 Å². The Morgan fingerprint density at radius 1 is 1.14 bits per heavy atom. The van der Waals surface area contributed by atoms with Crippen molar-refractivity contribution < 1.29 is 5.11 Å². The van der Waals surface area contributed by atoms with Crippen LogP contribution in [0, 0.1) is 6.92 Å². The molecule has 104 valence electrons. The highest BCUT2D eigenvalue weighted by molar-refractivity contribution is 5.91. The summed E-state index contributed by atoms with van der Waals surface area (Å²) in [7, 11) is 0. The summed E-state index contributed by atoms with van der Waals surface area (Å²) < 4.78 is 0. The first-order chi connectivity index (χ1) is 10.2. The second-order valence-corrected chi connectivity index (χ2v) is 4.81. The summed E-state index contributed by atoms with van der Waals surface area (Å²) in [6, 6.07) is 15.2. The maximum Gasteiger partial charge on any atom is 0.124 e. The smallest absolute Gasteiger partial charge is 0.124 e. The van der Waals surface area contributed by atoms with Crippen molar-refractivity contribution in [1.29, 1.82) is 0 Å². The first kappa shape index (κ1) is 13.1. The third-order valence-corrected chi connectivity index (χ3v) is 3.20. The average molecular weight is 277 g/mol. The van der Waals surface area contributed by atoms with Crippen LogP contribution in [0.4, 0.5) is 5.69 Å². The number of phenolic OH excluding ortho intramolecular Hbond substituents is 1. The first-order valence-electron chi connectivity index (χ1n) is 6.66. The topological polar surface area (TPSA) is 57.5 Å². The Bertz CT molecular complexity index is 807. The Kier molecular flexibility index (Phi) is 3.51. The van der Waals surface area contributed by atoms with Crippen LogP contribution in [0.5, 0.6) is 5.75 Å². The average Bonchev–Trinajstić information content (AvgIpc) is 2.51. The highest BCUT2D eigenvalue weighted by Crippen LogP contribution is 2.21. The number of hydrogen-bond donors (Lipinski definition) is 2. The minimum Gasteiger partial charge on any atom is -0.507 e. The summed E-state index contributed by atoms with van der Waals surface area (Å²) in [4.78, 5) is 4.35. The number of hydrazone groups is 1. The Balaban J connectivity index is 1.86. The number of phenols is 1. The molecule has 1 aromatic heterocycles. The number of nitrogens with one attached hydrogen (secondary N) is 1. The summed E-state index contributed by atoms with van der Waals surface area (Å²) in [6.45, 7) is 1.97. The molecule has 3 aromatic rings. The number of pyridine rings is 1. The van der Waals surface area contributed by atoms with Crippen molar-refractivity contribution in [3.05, 3.63) is 65.9 Å². The first-order valence-corrected chi connectivity index (χ1v) is 6.66. The van der Waals surface area contributed by atoms with Crippen LogP contribution < -0.4 is 5.43 Å². The Morgan fingerprint density at radius 2 is 2.00 bits per heavy atom. The molecular weight excluding hydrogens is 262 g/mol. The van der Waals surface area contributed by atoms with E-state index < -0.39 is 0 Å². The Morgan fingerprint density at radius 3 is 2.90 bits per heavy atom. The van der Waals surface area contributed by atoms with Gasteiger partial charge in [0.25, 0.3) is 0 Å². The molecule has 0 atom stereocenters. The van der Waals surface area contributed by atoms with E-state index in [0.717, 1.165) is 22.2 Å². The molecule has 1 heterocycles. The van der Waals surface area contributed by atoms with Crippen molar-refractivity contribution in [2.45, 2.75) is 6.92 Å². The second kappa shape index (κ2) is 5.63. The molecule has 2 aromatic carbocycles. The van der Waals surface area contributed by atoms with E-state index in [2.05, 4.69) is 15.5 Å². The third kappa shape index (κ3) is 2.84. The van der Waals surface area contributed by atoms with Crippen LogP contribution in [0.25, 0.3) is 10.9 Å². The van der Waals surface area contributed by atoms with Gasteiger partial charge >= 0.3 is 0 Å². The van der Waals surface area contributed by atoms with Gasteiger partial charge < -0.3 is 5.11 Å². The fourth-order valence-electron chi connectivity index (χ4n) is 2.14. The predicted molar refractivity (Wildman–Crippen MR) is 85.8 cm³/mol. The van der Waals surface area contributed by atoms with Gasteiger partial charge in [0.05, 0.1) is 17.4 Å². The van der Waals surface area contributed by atoms with Gasteiger partial charge in [0.1, 0.15) is 5.75 Å². The number of hydrogen-bond acceptors (Lipinski definition) is 4. The maximum atomic E-state index is 9.77. The van der Waals surface area contributed by atoms with Crippen molar-refractivity contribution in [2.24, 2.45) is 5.10 Å². The van der Waals surface area contributed by atoms with Gasteiger partial charge in [0.2, 0.25) is 0 Å². The Labute approximate surface area is 122 Å². The highest BCUT2D eigenvalue weighted by atomic mass is 16.3. The van der Waals surface area contributed by atoms with Crippen molar-refractivity contribution in [3.63, 3.8) is 0 Å². The van der Waals surface area contributed by atoms with Gasteiger partial charge in [-0.15, -0.1) is 0 Å². The minimum atomic E-state index is 0.210. The monoisotopic (exact) mass is 277 g/mol. The summed E-state index contributed by atoms with van der Waals surface area (Å²) >= 11 is 0. The normalized spacial score (nSPS) is 11.1. The van der Waals surface area contributed by atoms with Crippen molar-refractivity contribution in [3.8, 4) is 5.75 Å². The predicted octanol–water partition coefficient (Wildman–Crippen LogP) is 3.69. The van der Waals surface area contributed by atoms with Crippen LogP contribution in [-0.4, -0.2) is 16.3 Å². The summed E-state index contributed by atoms with van der Waals surface area (Å²) in [5, 5.41) is 15.0. The molecule has 2 N–H and O–H groups in total. The van der Waals surface area contributed by atoms with E-state index in [0.29, 0.717) is 5.56 Å². The molecule has 0 aliphatic heterocycles. The van der Waals surface area contributed by atoms with E-state index in [1.807, 2.05) is 49.4 Å². The van der Waals surface area contributed by atoms with Gasteiger partial charge in [0.15, 0.2) is 0 Å². The number of aromatic hydroxyl groups is 1. The molecule has 21 heavy (non-hydrogen) atoms. The van der Waals surface area contributed by atoms with Gasteiger partial charge in [0, 0.05) is 17.1 Å². The molecule has 0 spiro atoms. The molecule has 3 rings (SSSR count). The molecule has 4 heteroatoms. The van der Waals surface area contributed by atoms with Crippen LogP contribution in [0.15, 0.2) is 59.8 Å². The van der Waals surface area contributed by atoms with Crippen LogP contribution >= 0.6 is 0 Å². The van der Waals surface area contributed by atoms with E-state index in [4.69, 9.17) is 0 Å². The molecular formula is C17H15N3O. The molecule has 0 saturated carbocycles. The van der Waals surface area contributed by atoms with Crippen LogP contribution in [-0.2, 0) is 0 Å². The minimum absolute atomic E-state index is 0.210. The van der Waals surface area contributed by atoms with Gasteiger partial charge in [-0.05, 0) is 31.2 Å². The summed E-state index contributed by atoms with van der Waals surface area (Å²) in [5.41, 5.74) is 6.42. The summed E-state index contributed by atoms with van der Waals surface area (Å²) in [5.74, 6) is 0.210. The number of fused-ring (bicyclic) bond motifs is 1. The number of benzene rings is 2.